The minimum atomic E-state index is 0.636. The number of nitrogens with one attached hydrogen (secondary N) is 2. The van der Waals surface area contributed by atoms with Crippen LogP contribution in [-0.4, -0.2) is 77.1 Å². The second-order valence-corrected chi connectivity index (χ2v) is 5.62. The van der Waals surface area contributed by atoms with E-state index in [0.29, 0.717) is 19.8 Å². The molecule has 1 aliphatic rings. The van der Waals surface area contributed by atoms with Crippen LogP contribution in [0, 0.1) is 0 Å². The Labute approximate surface area is 135 Å². The normalized spacial score (nSPS) is 20.1. The smallest absolute Gasteiger partial charge is 0.191 e. The third kappa shape index (κ3) is 7.96. The molecule has 0 aromatic rings. The molecule has 0 bridgehead atoms. The molecule has 22 heavy (non-hydrogen) atoms. The topological polar surface area (TPSA) is 58.1 Å². The van der Waals surface area contributed by atoms with Crippen LogP contribution in [0.15, 0.2) is 4.99 Å². The number of methoxy groups -OCH3 is 1. The molecule has 1 atom stereocenters. The lowest BCUT2D eigenvalue weighted by Gasteiger charge is -2.35. The van der Waals surface area contributed by atoms with Gasteiger partial charge in [0.1, 0.15) is 0 Å². The fourth-order valence-corrected chi connectivity index (χ4v) is 2.84. The predicted molar refractivity (Wildman–Crippen MR) is 91.6 cm³/mol. The Hall–Kier alpha value is -0.850. The van der Waals surface area contributed by atoms with Gasteiger partial charge in [0.15, 0.2) is 5.96 Å². The highest BCUT2D eigenvalue weighted by Gasteiger charge is 2.19. The molecule has 6 nitrogen and oxygen atoms in total. The first-order valence-electron chi connectivity index (χ1n) is 8.57. The highest BCUT2D eigenvalue weighted by Crippen LogP contribution is 2.18. The number of aliphatic imine (C=N–C) groups is 1. The van der Waals surface area contributed by atoms with Gasteiger partial charge in [-0.3, -0.25) is 9.89 Å². The molecule has 1 fully saturated rings. The maximum atomic E-state index is 5.42. The predicted octanol–water partition coefficient (Wildman–Crippen LogP) is 1.08. The third-order valence-corrected chi connectivity index (χ3v) is 4.11. The SMILES string of the molecule is CCC1CCCCN1CCNC(=NC)NCCOCCOC. The van der Waals surface area contributed by atoms with E-state index in [1.54, 1.807) is 14.2 Å². The number of likely N-dealkylation sites (tertiary alicyclic amines) is 1. The molecule has 1 aliphatic heterocycles. The molecule has 0 aromatic carbocycles. The molecule has 2 N–H and O–H groups in total. The van der Waals surface area contributed by atoms with E-state index in [9.17, 15) is 0 Å². The zero-order chi connectivity index (χ0) is 16.0. The lowest BCUT2D eigenvalue weighted by molar-refractivity contribution is 0.0733. The molecule has 0 saturated carbocycles. The molecule has 1 rings (SSSR count). The summed E-state index contributed by atoms with van der Waals surface area (Å²) in [7, 11) is 3.48. The molecule has 0 aliphatic carbocycles. The first-order valence-corrected chi connectivity index (χ1v) is 8.57. The molecule has 0 radical (unpaired) electrons. The zero-order valence-electron chi connectivity index (χ0n) is 14.6. The Bertz CT molecular complexity index is 300. The van der Waals surface area contributed by atoms with Gasteiger partial charge in [-0.25, -0.2) is 0 Å². The zero-order valence-corrected chi connectivity index (χ0v) is 14.6. The van der Waals surface area contributed by atoms with Gasteiger partial charge in [-0.05, 0) is 25.8 Å². The van der Waals surface area contributed by atoms with Crippen LogP contribution in [0.1, 0.15) is 32.6 Å². The van der Waals surface area contributed by atoms with Gasteiger partial charge in [0.05, 0.1) is 19.8 Å². The summed E-state index contributed by atoms with van der Waals surface area (Å²) in [5.41, 5.74) is 0. The van der Waals surface area contributed by atoms with Crippen LogP contribution in [0.2, 0.25) is 0 Å². The number of hydrogen-bond acceptors (Lipinski definition) is 4. The van der Waals surface area contributed by atoms with Crippen molar-refractivity contribution in [3.8, 4) is 0 Å². The number of rotatable bonds is 10. The summed E-state index contributed by atoms with van der Waals surface area (Å²) >= 11 is 0. The van der Waals surface area contributed by atoms with Gasteiger partial charge in [-0.15, -0.1) is 0 Å². The maximum Gasteiger partial charge on any atom is 0.191 e. The van der Waals surface area contributed by atoms with Crippen molar-refractivity contribution in [3.63, 3.8) is 0 Å². The molecule has 0 amide bonds. The summed E-state index contributed by atoms with van der Waals surface area (Å²) in [6.07, 6.45) is 5.32. The number of hydrogen-bond donors (Lipinski definition) is 2. The van der Waals surface area contributed by atoms with Gasteiger partial charge in [-0.2, -0.15) is 0 Å². The van der Waals surface area contributed by atoms with Crippen molar-refractivity contribution in [2.45, 2.75) is 38.6 Å². The average molecular weight is 314 g/mol. The van der Waals surface area contributed by atoms with Crippen LogP contribution < -0.4 is 10.6 Å². The standard InChI is InChI=1S/C16H34N4O2/c1-4-15-7-5-6-10-20(15)11-8-18-16(17-2)19-9-12-22-14-13-21-3/h15H,4-14H2,1-3H3,(H2,17,18,19). The molecule has 1 heterocycles. The Morgan fingerprint density at radius 3 is 2.73 bits per heavy atom. The molecular weight excluding hydrogens is 280 g/mol. The van der Waals surface area contributed by atoms with Crippen molar-refractivity contribution >= 4 is 5.96 Å². The van der Waals surface area contributed by atoms with E-state index in [1.165, 1.54) is 32.2 Å². The number of guanidine groups is 1. The summed E-state index contributed by atoms with van der Waals surface area (Å²) in [6.45, 7) is 8.24. The fourth-order valence-electron chi connectivity index (χ4n) is 2.84. The largest absolute Gasteiger partial charge is 0.382 e. The van der Waals surface area contributed by atoms with Gasteiger partial charge in [0.2, 0.25) is 0 Å². The maximum absolute atomic E-state index is 5.42. The lowest BCUT2D eigenvalue weighted by Crippen LogP contribution is -2.46. The van der Waals surface area contributed by atoms with Crippen molar-refractivity contribution in [2.24, 2.45) is 4.99 Å². The summed E-state index contributed by atoms with van der Waals surface area (Å²) in [6, 6.07) is 0.764. The van der Waals surface area contributed by atoms with E-state index >= 15 is 0 Å². The summed E-state index contributed by atoms with van der Waals surface area (Å²) in [5.74, 6) is 0.848. The van der Waals surface area contributed by atoms with E-state index < -0.39 is 0 Å². The van der Waals surface area contributed by atoms with Crippen LogP contribution in [0.4, 0.5) is 0 Å². The Morgan fingerprint density at radius 1 is 1.18 bits per heavy atom. The van der Waals surface area contributed by atoms with E-state index in [0.717, 1.165) is 31.6 Å². The van der Waals surface area contributed by atoms with Crippen LogP contribution in [0.25, 0.3) is 0 Å². The quantitative estimate of drug-likeness (QED) is 0.359. The van der Waals surface area contributed by atoms with Gasteiger partial charge in [-0.1, -0.05) is 13.3 Å². The van der Waals surface area contributed by atoms with Crippen LogP contribution >= 0.6 is 0 Å². The highest BCUT2D eigenvalue weighted by atomic mass is 16.5. The second-order valence-electron chi connectivity index (χ2n) is 5.62. The Balaban J connectivity index is 2.10. The number of ether oxygens (including phenoxy) is 2. The van der Waals surface area contributed by atoms with Gasteiger partial charge < -0.3 is 20.1 Å². The molecule has 130 valence electrons. The van der Waals surface area contributed by atoms with E-state index in [-0.39, 0.29) is 0 Å². The van der Waals surface area contributed by atoms with E-state index in [4.69, 9.17) is 9.47 Å². The monoisotopic (exact) mass is 314 g/mol. The minimum Gasteiger partial charge on any atom is -0.382 e. The molecule has 0 spiro atoms. The molecule has 6 heteroatoms. The van der Waals surface area contributed by atoms with Crippen LogP contribution in [-0.2, 0) is 9.47 Å². The van der Waals surface area contributed by atoms with Gasteiger partial charge in [0.25, 0.3) is 0 Å². The van der Waals surface area contributed by atoms with Gasteiger partial charge in [0, 0.05) is 39.8 Å². The number of piperidine rings is 1. The first kappa shape index (κ1) is 19.2. The molecule has 1 saturated heterocycles. The van der Waals surface area contributed by atoms with E-state index in [2.05, 4.69) is 27.4 Å². The van der Waals surface area contributed by atoms with Crippen LogP contribution in [0.3, 0.4) is 0 Å². The van der Waals surface area contributed by atoms with Crippen LogP contribution in [0.5, 0.6) is 0 Å². The Morgan fingerprint density at radius 2 is 2.00 bits per heavy atom. The third-order valence-electron chi connectivity index (χ3n) is 4.11. The van der Waals surface area contributed by atoms with Crippen molar-refractivity contribution in [2.75, 3.05) is 60.2 Å². The molecule has 0 aromatic heterocycles. The van der Waals surface area contributed by atoms with Gasteiger partial charge >= 0.3 is 0 Å². The molecular formula is C16H34N4O2. The fraction of sp³-hybridized carbons (Fsp3) is 0.938. The lowest BCUT2D eigenvalue weighted by atomic mass is 10.0. The summed E-state index contributed by atoms with van der Waals surface area (Å²) in [5, 5.41) is 6.64. The van der Waals surface area contributed by atoms with Crippen molar-refractivity contribution in [1.82, 2.24) is 15.5 Å². The second kappa shape index (κ2) is 12.7. The average Bonchev–Trinajstić information content (AvgIpc) is 2.56. The molecule has 1 unspecified atom stereocenters. The highest BCUT2D eigenvalue weighted by molar-refractivity contribution is 5.79. The van der Waals surface area contributed by atoms with Crippen molar-refractivity contribution < 1.29 is 9.47 Å². The van der Waals surface area contributed by atoms with Crippen molar-refractivity contribution in [1.29, 1.82) is 0 Å². The first-order chi connectivity index (χ1) is 10.8. The Kier molecular flexibility index (Phi) is 11.1. The number of nitrogens with zero attached hydrogens (tertiary/aromatic N) is 2. The van der Waals surface area contributed by atoms with Crippen molar-refractivity contribution in [3.05, 3.63) is 0 Å². The summed E-state index contributed by atoms with van der Waals surface area (Å²) < 4.78 is 10.4. The van der Waals surface area contributed by atoms with E-state index in [1.807, 2.05) is 0 Å². The minimum absolute atomic E-state index is 0.636. The summed E-state index contributed by atoms with van der Waals surface area (Å²) in [4.78, 5) is 6.85.